The number of hydrogen-bond acceptors (Lipinski definition) is 4. The molecule has 0 heterocycles. The van der Waals surface area contributed by atoms with Gasteiger partial charge in [-0.25, -0.2) is 4.39 Å². The van der Waals surface area contributed by atoms with E-state index in [-0.39, 0.29) is 16.5 Å². The van der Waals surface area contributed by atoms with Crippen molar-refractivity contribution in [3.8, 4) is 0 Å². The molecule has 0 aliphatic heterocycles. The molecular weight excluding hydrogens is 267 g/mol. The summed E-state index contributed by atoms with van der Waals surface area (Å²) in [6.07, 6.45) is 0.907. The zero-order valence-corrected chi connectivity index (χ0v) is 11.6. The van der Waals surface area contributed by atoms with Gasteiger partial charge in [0, 0.05) is 18.7 Å². The molecule has 19 heavy (non-hydrogen) atoms. The first-order valence-electron chi connectivity index (χ1n) is 6.04. The highest BCUT2D eigenvalue weighted by atomic mass is 32.1. The van der Waals surface area contributed by atoms with E-state index in [0.29, 0.717) is 31.7 Å². The highest BCUT2D eigenvalue weighted by Gasteiger charge is 2.10. The maximum Gasteiger partial charge on any atom is 0.305 e. The van der Waals surface area contributed by atoms with Gasteiger partial charge in [0.15, 0.2) is 0 Å². The van der Waals surface area contributed by atoms with Crippen LogP contribution in [-0.2, 0) is 9.53 Å². The maximum atomic E-state index is 13.6. The minimum atomic E-state index is -0.456. The number of esters is 1. The molecule has 0 aromatic heterocycles. The number of hydrogen-bond donors (Lipinski definition) is 2. The first-order valence-corrected chi connectivity index (χ1v) is 6.45. The summed E-state index contributed by atoms with van der Waals surface area (Å²) in [4.78, 5) is 11.1. The smallest absolute Gasteiger partial charge is 0.305 e. The van der Waals surface area contributed by atoms with Gasteiger partial charge < -0.3 is 15.8 Å². The number of ether oxygens (including phenoxy) is 1. The number of thiocarbonyl (C=S) groups is 1. The van der Waals surface area contributed by atoms with Gasteiger partial charge in [-0.05, 0) is 25.5 Å². The largest absolute Gasteiger partial charge is 0.466 e. The van der Waals surface area contributed by atoms with Crippen molar-refractivity contribution in [1.29, 1.82) is 0 Å². The van der Waals surface area contributed by atoms with Gasteiger partial charge in [0.1, 0.15) is 10.8 Å². The monoisotopic (exact) mass is 284 g/mol. The standard InChI is InChI=1S/C13H17FN2O2S/c1-2-18-11(17)7-4-8-16-10-6-3-5-9(14)12(10)13(15)19/h3,5-6,16H,2,4,7-8H2,1H3,(H2,15,19). The van der Waals surface area contributed by atoms with Gasteiger partial charge in [-0.1, -0.05) is 18.3 Å². The first kappa shape index (κ1) is 15.4. The third kappa shape index (κ3) is 4.82. The average molecular weight is 284 g/mol. The maximum absolute atomic E-state index is 13.6. The van der Waals surface area contributed by atoms with Crippen LogP contribution in [0.1, 0.15) is 25.3 Å². The molecule has 104 valence electrons. The van der Waals surface area contributed by atoms with E-state index in [0.717, 1.165) is 0 Å². The van der Waals surface area contributed by atoms with Gasteiger partial charge in [-0.2, -0.15) is 0 Å². The van der Waals surface area contributed by atoms with Crippen molar-refractivity contribution >= 4 is 28.9 Å². The van der Waals surface area contributed by atoms with E-state index in [1.807, 2.05) is 0 Å². The molecule has 0 saturated carbocycles. The number of halogens is 1. The van der Waals surface area contributed by atoms with Crippen LogP contribution < -0.4 is 11.1 Å². The van der Waals surface area contributed by atoms with Gasteiger partial charge in [0.2, 0.25) is 0 Å². The quantitative estimate of drug-likeness (QED) is 0.456. The summed E-state index contributed by atoms with van der Waals surface area (Å²) in [5.41, 5.74) is 6.23. The zero-order chi connectivity index (χ0) is 14.3. The second kappa shape index (κ2) is 7.68. The molecule has 4 nitrogen and oxygen atoms in total. The number of rotatable bonds is 7. The molecule has 0 radical (unpaired) electrons. The highest BCUT2D eigenvalue weighted by molar-refractivity contribution is 7.80. The molecule has 0 unspecified atom stereocenters. The molecule has 1 rings (SSSR count). The number of carbonyl (C=O) groups is 1. The molecule has 0 aliphatic rings. The van der Waals surface area contributed by atoms with Gasteiger partial charge >= 0.3 is 5.97 Å². The van der Waals surface area contributed by atoms with Crippen molar-refractivity contribution in [2.45, 2.75) is 19.8 Å². The Kier molecular flexibility index (Phi) is 6.21. The van der Waals surface area contributed by atoms with Gasteiger partial charge in [0.25, 0.3) is 0 Å². The van der Waals surface area contributed by atoms with Crippen LogP contribution in [0.4, 0.5) is 10.1 Å². The van der Waals surface area contributed by atoms with Crippen LogP contribution in [0.15, 0.2) is 18.2 Å². The molecule has 1 aromatic carbocycles. The third-order valence-electron chi connectivity index (χ3n) is 2.44. The minimum absolute atomic E-state index is 0.00555. The summed E-state index contributed by atoms with van der Waals surface area (Å²) in [5, 5.41) is 3.02. The Bertz CT molecular complexity index is 466. The molecule has 0 spiro atoms. The van der Waals surface area contributed by atoms with Crippen LogP contribution in [0.25, 0.3) is 0 Å². The predicted octanol–water partition coefficient (Wildman–Crippen LogP) is 2.22. The number of anilines is 1. The lowest BCUT2D eigenvalue weighted by Crippen LogP contribution is -2.16. The Morgan fingerprint density at radius 1 is 1.53 bits per heavy atom. The fraction of sp³-hybridized carbons (Fsp3) is 0.385. The Morgan fingerprint density at radius 2 is 2.26 bits per heavy atom. The molecule has 0 saturated heterocycles. The molecular formula is C13H17FN2O2S. The van der Waals surface area contributed by atoms with E-state index in [1.165, 1.54) is 6.07 Å². The van der Waals surface area contributed by atoms with Crippen molar-refractivity contribution in [2.24, 2.45) is 5.73 Å². The molecule has 1 aromatic rings. The number of nitrogens with two attached hydrogens (primary N) is 1. The van der Waals surface area contributed by atoms with E-state index in [1.54, 1.807) is 19.1 Å². The van der Waals surface area contributed by atoms with Crippen LogP contribution in [0.3, 0.4) is 0 Å². The summed E-state index contributed by atoms with van der Waals surface area (Å²) in [7, 11) is 0. The van der Waals surface area contributed by atoms with Crippen LogP contribution in [0.5, 0.6) is 0 Å². The average Bonchev–Trinajstić information content (AvgIpc) is 2.34. The molecule has 0 amide bonds. The summed E-state index contributed by atoms with van der Waals surface area (Å²) < 4.78 is 18.4. The Morgan fingerprint density at radius 3 is 2.89 bits per heavy atom. The predicted molar refractivity (Wildman–Crippen MR) is 76.6 cm³/mol. The van der Waals surface area contributed by atoms with Crippen molar-refractivity contribution in [2.75, 3.05) is 18.5 Å². The minimum Gasteiger partial charge on any atom is -0.466 e. The topological polar surface area (TPSA) is 64.3 Å². The van der Waals surface area contributed by atoms with Crippen LogP contribution >= 0.6 is 12.2 Å². The van der Waals surface area contributed by atoms with E-state index >= 15 is 0 Å². The lowest BCUT2D eigenvalue weighted by atomic mass is 10.1. The highest BCUT2D eigenvalue weighted by Crippen LogP contribution is 2.18. The Labute approximate surface area is 117 Å². The lowest BCUT2D eigenvalue weighted by molar-refractivity contribution is -0.143. The van der Waals surface area contributed by atoms with Crippen molar-refractivity contribution in [3.63, 3.8) is 0 Å². The molecule has 0 aliphatic carbocycles. The van der Waals surface area contributed by atoms with Crippen molar-refractivity contribution in [3.05, 3.63) is 29.6 Å². The summed E-state index contributed by atoms with van der Waals surface area (Å²) in [5.74, 6) is -0.694. The van der Waals surface area contributed by atoms with Gasteiger partial charge in [-0.15, -0.1) is 0 Å². The SMILES string of the molecule is CCOC(=O)CCCNc1cccc(F)c1C(N)=S. The third-order valence-corrected chi connectivity index (χ3v) is 2.64. The normalized spacial score (nSPS) is 10.0. The zero-order valence-electron chi connectivity index (χ0n) is 10.7. The van der Waals surface area contributed by atoms with Gasteiger partial charge in [0.05, 0.1) is 12.2 Å². The molecule has 6 heteroatoms. The molecule has 0 bridgehead atoms. The Balaban J connectivity index is 2.52. The number of benzene rings is 1. The summed E-state index contributed by atoms with van der Waals surface area (Å²) in [6.45, 7) is 2.65. The molecule has 3 N–H and O–H groups in total. The number of carbonyl (C=O) groups excluding carboxylic acids is 1. The Hall–Kier alpha value is -1.69. The van der Waals surface area contributed by atoms with Crippen molar-refractivity contribution in [1.82, 2.24) is 0 Å². The number of nitrogens with one attached hydrogen (secondary N) is 1. The first-order chi connectivity index (χ1) is 9.06. The van der Waals surface area contributed by atoms with E-state index in [9.17, 15) is 9.18 Å². The second-order valence-corrected chi connectivity index (χ2v) is 4.30. The second-order valence-electron chi connectivity index (χ2n) is 3.86. The van der Waals surface area contributed by atoms with Crippen LogP contribution in [-0.4, -0.2) is 24.1 Å². The van der Waals surface area contributed by atoms with Crippen LogP contribution in [0.2, 0.25) is 0 Å². The van der Waals surface area contributed by atoms with E-state index in [4.69, 9.17) is 22.7 Å². The van der Waals surface area contributed by atoms with Gasteiger partial charge in [-0.3, -0.25) is 4.79 Å². The fourth-order valence-electron chi connectivity index (χ4n) is 1.61. The molecule has 0 fully saturated rings. The fourth-order valence-corrected chi connectivity index (χ4v) is 1.82. The summed E-state index contributed by atoms with van der Waals surface area (Å²) in [6, 6.07) is 4.57. The van der Waals surface area contributed by atoms with E-state index in [2.05, 4.69) is 5.32 Å². The molecule has 0 atom stereocenters. The van der Waals surface area contributed by atoms with Crippen molar-refractivity contribution < 1.29 is 13.9 Å². The van der Waals surface area contributed by atoms with E-state index < -0.39 is 5.82 Å². The lowest BCUT2D eigenvalue weighted by Gasteiger charge is -2.11. The summed E-state index contributed by atoms with van der Waals surface area (Å²) >= 11 is 4.82. The van der Waals surface area contributed by atoms with Crippen LogP contribution in [0, 0.1) is 5.82 Å².